The summed E-state index contributed by atoms with van der Waals surface area (Å²) in [5.41, 5.74) is 3.11. The molecule has 1 aromatic heterocycles. The van der Waals surface area contributed by atoms with Crippen molar-refractivity contribution in [2.24, 2.45) is 0 Å². The molecule has 0 bridgehead atoms. The summed E-state index contributed by atoms with van der Waals surface area (Å²) in [4.78, 5) is 14.9. The molecule has 0 saturated carbocycles. The lowest BCUT2D eigenvalue weighted by Gasteiger charge is -2.27. The third-order valence-corrected chi connectivity index (χ3v) is 4.82. The summed E-state index contributed by atoms with van der Waals surface area (Å²) in [6.45, 7) is 2.01. The van der Waals surface area contributed by atoms with E-state index in [-0.39, 0.29) is 5.91 Å². The number of rotatable bonds is 4. The van der Waals surface area contributed by atoms with Crippen LogP contribution in [0.2, 0.25) is 0 Å². The van der Waals surface area contributed by atoms with Gasteiger partial charge in [0.1, 0.15) is 0 Å². The second kappa shape index (κ2) is 7.99. The average Bonchev–Trinajstić information content (AvgIpc) is 2.75. The van der Waals surface area contributed by atoms with E-state index in [9.17, 15) is 4.79 Å². The molecule has 1 saturated heterocycles. The first kappa shape index (κ1) is 17.2. The number of nitrogens with one attached hydrogen (secondary N) is 1. The summed E-state index contributed by atoms with van der Waals surface area (Å²) >= 11 is 0. The van der Waals surface area contributed by atoms with E-state index >= 15 is 0 Å². The molecule has 0 spiro atoms. The monoisotopic (exact) mass is 358 g/mol. The number of amides is 1. The number of anilines is 2. The van der Waals surface area contributed by atoms with E-state index in [1.54, 1.807) is 6.07 Å². The number of aromatic nitrogens is 2. The highest BCUT2D eigenvalue weighted by molar-refractivity contribution is 6.05. The molecule has 2 heterocycles. The van der Waals surface area contributed by atoms with Gasteiger partial charge in [-0.3, -0.25) is 4.79 Å². The van der Waals surface area contributed by atoms with E-state index < -0.39 is 0 Å². The lowest BCUT2D eigenvalue weighted by atomic mass is 10.0. The number of benzene rings is 2. The van der Waals surface area contributed by atoms with Gasteiger partial charge in [-0.05, 0) is 43.0 Å². The lowest BCUT2D eigenvalue weighted by Crippen LogP contribution is -2.30. The van der Waals surface area contributed by atoms with Crippen LogP contribution < -0.4 is 10.2 Å². The largest absolute Gasteiger partial charge is 0.355 e. The van der Waals surface area contributed by atoms with Crippen molar-refractivity contribution in [3.8, 4) is 11.1 Å². The molecular weight excluding hydrogens is 336 g/mol. The van der Waals surface area contributed by atoms with Gasteiger partial charge in [0.05, 0.1) is 0 Å². The third kappa shape index (κ3) is 3.97. The fraction of sp³-hybridized carbons (Fsp3) is 0.227. The maximum atomic E-state index is 12.7. The molecule has 0 atom stereocenters. The smallest absolute Gasteiger partial charge is 0.276 e. The van der Waals surface area contributed by atoms with E-state index in [0.29, 0.717) is 5.69 Å². The van der Waals surface area contributed by atoms with Crippen molar-refractivity contribution in [1.82, 2.24) is 10.2 Å². The van der Waals surface area contributed by atoms with Crippen molar-refractivity contribution < 1.29 is 4.79 Å². The van der Waals surface area contributed by atoms with Crippen molar-refractivity contribution in [2.75, 3.05) is 23.3 Å². The Bertz CT molecular complexity index is 903. The normalized spacial score (nSPS) is 14.0. The minimum Gasteiger partial charge on any atom is -0.355 e. The van der Waals surface area contributed by atoms with Crippen LogP contribution in [0.5, 0.6) is 0 Å². The van der Waals surface area contributed by atoms with Crippen LogP contribution in [0.1, 0.15) is 29.8 Å². The molecule has 4 rings (SSSR count). The first-order chi connectivity index (χ1) is 13.3. The Balaban J connectivity index is 1.51. The van der Waals surface area contributed by atoms with E-state index in [4.69, 9.17) is 0 Å². The molecule has 3 aromatic rings. The zero-order valence-electron chi connectivity index (χ0n) is 15.1. The summed E-state index contributed by atoms with van der Waals surface area (Å²) in [6, 6.07) is 21.4. The van der Waals surface area contributed by atoms with Crippen LogP contribution in [0.15, 0.2) is 66.7 Å². The highest BCUT2D eigenvalue weighted by Crippen LogP contribution is 2.27. The van der Waals surface area contributed by atoms with Crippen molar-refractivity contribution in [3.05, 3.63) is 72.4 Å². The Morgan fingerprint density at radius 2 is 1.56 bits per heavy atom. The average molecular weight is 358 g/mol. The van der Waals surface area contributed by atoms with Gasteiger partial charge < -0.3 is 10.2 Å². The van der Waals surface area contributed by atoms with Crippen LogP contribution in [-0.2, 0) is 0 Å². The van der Waals surface area contributed by atoms with E-state index in [1.807, 2.05) is 60.7 Å². The van der Waals surface area contributed by atoms with Gasteiger partial charge in [0.2, 0.25) is 0 Å². The Hall–Kier alpha value is -3.21. The van der Waals surface area contributed by atoms with Crippen LogP contribution in [0, 0.1) is 0 Å². The second-order valence-electron chi connectivity index (χ2n) is 6.69. The molecule has 1 N–H and O–H groups in total. The number of nitrogens with zero attached hydrogens (tertiary/aromatic N) is 3. The molecule has 27 heavy (non-hydrogen) atoms. The zero-order chi connectivity index (χ0) is 18.5. The minimum absolute atomic E-state index is 0.254. The van der Waals surface area contributed by atoms with Crippen LogP contribution >= 0.6 is 0 Å². The molecular formula is C22H22N4O. The Morgan fingerprint density at radius 1 is 0.815 bits per heavy atom. The second-order valence-corrected chi connectivity index (χ2v) is 6.69. The van der Waals surface area contributed by atoms with E-state index in [2.05, 4.69) is 20.4 Å². The summed E-state index contributed by atoms with van der Waals surface area (Å²) in [6.07, 6.45) is 3.63. The van der Waals surface area contributed by atoms with E-state index in [0.717, 1.165) is 35.7 Å². The zero-order valence-corrected chi connectivity index (χ0v) is 15.1. The lowest BCUT2D eigenvalue weighted by molar-refractivity contribution is 0.102. The Kier molecular flexibility index (Phi) is 5.10. The minimum atomic E-state index is -0.254. The molecule has 5 heteroatoms. The Labute approximate surface area is 159 Å². The molecule has 0 aliphatic carbocycles. The molecule has 1 aliphatic rings. The fourth-order valence-corrected chi connectivity index (χ4v) is 3.39. The summed E-state index contributed by atoms with van der Waals surface area (Å²) in [5.74, 6) is 0.590. The Morgan fingerprint density at radius 3 is 2.30 bits per heavy atom. The molecule has 1 fully saturated rings. The number of hydrogen-bond acceptors (Lipinski definition) is 4. The number of carbonyl (C=O) groups is 1. The number of piperidine rings is 1. The first-order valence-electron chi connectivity index (χ1n) is 9.36. The predicted octanol–water partition coefficient (Wildman–Crippen LogP) is 4.39. The number of hydrogen-bond donors (Lipinski definition) is 1. The quantitative estimate of drug-likeness (QED) is 0.752. The van der Waals surface area contributed by atoms with Crippen LogP contribution in [-0.4, -0.2) is 29.2 Å². The molecule has 0 unspecified atom stereocenters. The maximum absolute atomic E-state index is 12.7. The fourth-order valence-electron chi connectivity index (χ4n) is 3.39. The highest BCUT2D eigenvalue weighted by atomic mass is 16.1. The topological polar surface area (TPSA) is 58.1 Å². The van der Waals surface area contributed by atoms with Crippen molar-refractivity contribution >= 4 is 17.4 Å². The van der Waals surface area contributed by atoms with Gasteiger partial charge >= 0.3 is 0 Å². The third-order valence-electron chi connectivity index (χ3n) is 4.82. The van der Waals surface area contributed by atoms with Crippen molar-refractivity contribution in [1.29, 1.82) is 0 Å². The van der Waals surface area contributed by atoms with Crippen LogP contribution in [0.3, 0.4) is 0 Å². The van der Waals surface area contributed by atoms with Gasteiger partial charge in [-0.2, -0.15) is 0 Å². The maximum Gasteiger partial charge on any atom is 0.276 e. The molecule has 2 aromatic carbocycles. The summed E-state index contributed by atoms with van der Waals surface area (Å²) < 4.78 is 0. The molecule has 136 valence electrons. The van der Waals surface area contributed by atoms with Crippen LogP contribution in [0.4, 0.5) is 11.5 Å². The number of carbonyl (C=O) groups excluding carboxylic acids is 1. The highest BCUT2D eigenvalue weighted by Gasteiger charge is 2.15. The van der Waals surface area contributed by atoms with Gasteiger partial charge in [0.15, 0.2) is 11.5 Å². The standard InChI is InChI=1S/C22H22N4O/c27-22(20-13-14-21(25-24-20)26-15-7-2-8-16-26)23-19-12-6-5-11-18(19)17-9-3-1-4-10-17/h1,3-6,9-14H,2,7-8,15-16H2,(H,23,27). The molecule has 0 radical (unpaired) electrons. The van der Waals surface area contributed by atoms with Gasteiger partial charge in [0.25, 0.3) is 5.91 Å². The van der Waals surface area contributed by atoms with Crippen molar-refractivity contribution in [3.63, 3.8) is 0 Å². The van der Waals surface area contributed by atoms with Gasteiger partial charge in [0, 0.05) is 24.3 Å². The predicted molar refractivity (Wildman–Crippen MR) is 108 cm³/mol. The van der Waals surface area contributed by atoms with Gasteiger partial charge in [-0.25, -0.2) is 0 Å². The molecule has 1 amide bonds. The summed E-state index contributed by atoms with van der Waals surface area (Å²) in [7, 11) is 0. The molecule has 5 nitrogen and oxygen atoms in total. The first-order valence-corrected chi connectivity index (χ1v) is 9.36. The number of para-hydroxylation sites is 1. The SMILES string of the molecule is O=C(Nc1ccccc1-c1ccccc1)c1ccc(N2CCCCC2)nn1. The van der Waals surface area contributed by atoms with Gasteiger partial charge in [-0.15, -0.1) is 10.2 Å². The van der Waals surface area contributed by atoms with Crippen LogP contribution in [0.25, 0.3) is 11.1 Å². The van der Waals surface area contributed by atoms with Gasteiger partial charge in [-0.1, -0.05) is 48.5 Å². The van der Waals surface area contributed by atoms with E-state index in [1.165, 1.54) is 19.3 Å². The summed E-state index contributed by atoms with van der Waals surface area (Å²) in [5, 5.41) is 11.4. The molecule has 1 aliphatic heterocycles. The van der Waals surface area contributed by atoms with Crippen molar-refractivity contribution in [2.45, 2.75) is 19.3 Å².